The topological polar surface area (TPSA) is 83.5 Å². The Morgan fingerprint density at radius 3 is 2.12 bits per heavy atom. The maximum Gasteiger partial charge on any atom is 0.416 e. The highest BCUT2D eigenvalue weighted by atomic mass is 32.2. The van der Waals surface area contributed by atoms with E-state index in [1.807, 2.05) is 0 Å². The van der Waals surface area contributed by atoms with E-state index in [4.69, 9.17) is 0 Å². The predicted molar refractivity (Wildman–Crippen MR) is 123 cm³/mol. The standard InChI is InChI=1S/C25H24F3NO4S/c26-25(27,28)20-13-8-14-21(17-20)34(32,33)29-23-16-7-5-12-19(23)11-3-1-2-9-18-10-4-6-15-22(18)24(30)31/h4-8,10,12-17,29H,1-3,9,11H2,(H,30,31). The van der Waals surface area contributed by atoms with Crippen LogP contribution in [-0.2, 0) is 29.0 Å². The number of halogens is 3. The van der Waals surface area contributed by atoms with Crippen molar-refractivity contribution in [2.24, 2.45) is 0 Å². The fourth-order valence-electron chi connectivity index (χ4n) is 3.64. The van der Waals surface area contributed by atoms with Crippen LogP contribution in [0.15, 0.2) is 77.7 Å². The molecule has 3 rings (SSSR count). The van der Waals surface area contributed by atoms with E-state index in [1.165, 1.54) is 0 Å². The molecule has 0 radical (unpaired) electrons. The first-order valence-electron chi connectivity index (χ1n) is 10.7. The molecule has 34 heavy (non-hydrogen) atoms. The van der Waals surface area contributed by atoms with Crippen LogP contribution in [0.25, 0.3) is 0 Å². The molecule has 0 amide bonds. The Kier molecular flexibility index (Phi) is 7.98. The number of unbranched alkanes of at least 4 members (excludes halogenated alkanes) is 2. The van der Waals surface area contributed by atoms with Gasteiger partial charge in [0.2, 0.25) is 0 Å². The van der Waals surface area contributed by atoms with Crippen molar-refractivity contribution in [1.29, 1.82) is 0 Å². The molecule has 2 N–H and O–H groups in total. The second-order valence-corrected chi connectivity index (χ2v) is 9.49. The molecule has 0 unspecified atom stereocenters. The number of alkyl halides is 3. The summed E-state index contributed by atoms with van der Waals surface area (Å²) in [6, 6.07) is 17.2. The molecule has 0 heterocycles. The van der Waals surface area contributed by atoms with Crippen molar-refractivity contribution in [3.05, 3.63) is 95.1 Å². The molecule has 0 fully saturated rings. The lowest BCUT2D eigenvalue weighted by Crippen LogP contribution is -2.15. The van der Waals surface area contributed by atoms with Crippen molar-refractivity contribution in [3.63, 3.8) is 0 Å². The van der Waals surface area contributed by atoms with E-state index in [-0.39, 0.29) is 5.56 Å². The number of anilines is 1. The summed E-state index contributed by atoms with van der Waals surface area (Å²) in [7, 11) is -4.21. The molecule has 3 aromatic carbocycles. The zero-order chi connectivity index (χ0) is 24.8. The first kappa shape index (κ1) is 25.3. The molecule has 0 bridgehead atoms. The molecule has 0 aromatic heterocycles. The van der Waals surface area contributed by atoms with Gasteiger partial charge in [0, 0.05) is 0 Å². The van der Waals surface area contributed by atoms with Crippen LogP contribution in [0.1, 0.15) is 46.3 Å². The summed E-state index contributed by atoms with van der Waals surface area (Å²) in [5.41, 5.74) is 1.06. The monoisotopic (exact) mass is 491 g/mol. The normalized spacial score (nSPS) is 11.9. The SMILES string of the molecule is O=C(O)c1ccccc1CCCCCc1ccccc1NS(=O)(=O)c1cccc(C(F)(F)F)c1. The Labute approximate surface area is 196 Å². The first-order valence-corrected chi connectivity index (χ1v) is 12.2. The number of hydrogen-bond donors (Lipinski definition) is 2. The third-order valence-corrected chi connectivity index (χ3v) is 6.74. The van der Waals surface area contributed by atoms with Crippen molar-refractivity contribution in [3.8, 4) is 0 Å². The van der Waals surface area contributed by atoms with E-state index in [1.54, 1.807) is 48.5 Å². The number of nitrogens with one attached hydrogen (secondary N) is 1. The molecular weight excluding hydrogens is 467 g/mol. The number of para-hydroxylation sites is 1. The van der Waals surface area contributed by atoms with Crippen molar-refractivity contribution in [1.82, 2.24) is 0 Å². The lowest BCUT2D eigenvalue weighted by Gasteiger charge is -2.14. The minimum Gasteiger partial charge on any atom is -0.478 e. The quantitative estimate of drug-likeness (QED) is 0.333. The highest BCUT2D eigenvalue weighted by Crippen LogP contribution is 2.31. The number of carbonyl (C=O) groups is 1. The van der Waals surface area contributed by atoms with Gasteiger partial charge in [-0.25, -0.2) is 13.2 Å². The summed E-state index contributed by atoms with van der Waals surface area (Å²) in [6.45, 7) is 0. The molecular formula is C25H24F3NO4S. The lowest BCUT2D eigenvalue weighted by molar-refractivity contribution is -0.137. The smallest absolute Gasteiger partial charge is 0.416 e. The van der Waals surface area contributed by atoms with E-state index < -0.39 is 32.6 Å². The van der Waals surface area contributed by atoms with Gasteiger partial charge in [-0.15, -0.1) is 0 Å². The Morgan fingerprint density at radius 2 is 1.44 bits per heavy atom. The van der Waals surface area contributed by atoms with Gasteiger partial charge in [-0.05, 0) is 67.1 Å². The van der Waals surface area contributed by atoms with E-state index >= 15 is 0 Å². The summed E-state index contributed by atoms with van der Waals surface area (Å²) in [5, 5.41) is 9.27. The van der Waals surface area contributed by atoms with E-state index in [9.17, 15) is 31.5 Å². The fourth-order valence-corrected chi connectivity index (χ4v) is 4.78. The van der Waals surface area contributed by atoms with Gasteiger partial charge in [-0.2, -0.15) is 13.2 Å². The number of carboxylic acids is 1. The number of aryl methyl sites for hydroxylation is 2. The van der Waals surface area contributed by atoms with Crippen molar-refractivity contribution in [2.45, 2.75) is 43.2 Å². The van der Waals surface area contributed by atoms with Gasteiger partial charge in [0.15, 0.2) is 0 Å². The van der Waals surface area contributed by atoms with E-state index in [2.05, 4.69) is 4.72 Å². The summed E-state index contributed by atoms with van der Waals surface area (Å²) >= 11 is 0. The summed E-state index contributed by atoms with van der Waals surface area (Å²) in [5.74, 6) is -0.961. The highest BCUT2D eigenvalue weighted by molar-refractivity contribution is 7.92. The lowest BCUT2D eigenvalue weighted by atomic mass is 9.99. The molecule has 0 spiro atoms. The van der Waals surface area contributed by atoms with Gasteiger partial charge in [-0.1, -0.05) is 48.9 Å². The largest absolute Gasteiger partial charge is 0.478 e. The van der Waals surface area contributed by atoms with Gasteiger partial charge < -0.3 is 5.11 Å². The molecule has 180 valence electrons. The first-order chi connectivity index (χ1) is 16.1. The van der Waals surface area contributed by atoms with Crippen LogP contribution < -0.4 is 4.72 Å². The minimum atomic E-state index is -4.64. The Morgan fingerprint density at radius 1 is 0.824 bits per heavy atom. The molecule has 0 atom stereocenters. The molecule has 0 saturated carbocycles. The van der Waals surface area contributed by atoms with Crippen LogP contribution >= 0.6 is 0 Å². The van der Waals surface area contributed by atoms with Crippen LogP contribution in [0.4, 0.5) is 18.9 Å². The molecule has 0 aliphatic carbocycles. The van der Waals surface area contributed by atoms with Crippen molar-refractivity contribution < 1.29 is 31.5 Å². The molecule has 0 saturated heterocycles. The molecule has 0 aliphatic heterocycles. The van der Waals surface area contributed by atoms with Gasteiger partial charge >= 0.3 is 12.1 Å². The summed E-state index contributed by atoms with van der Waals surface area (Å²) in [4.78, 5) is 10.8. The predicted octanol–water partition coefficient (Wildman–Crippen LogP) is 6.16. The van der Waals surface area contributed by atoms with Crippen LogP contribution in [-0.4, -0.2) is 19.5 Å². The number of aromatic carboxylic acids is 1. The molecule has 9 heteroatoms. The van der Waals surface area contributed by atoms with Gasteiger partial charge in [-0.3, -0.25) is 4.72 Å². The van der Waals surface area contributed by atoms with E-state index in [0.717, 1.165) is 48.6 Å². The van der Waals surface area contributed by atoms with Crippen molar-refractivity contribution >= 4 is 21.7 Å². The van der Waals surface area contributed by atoms with Crippen LogP contribution in [0.3, 0.4) is 0 Å². The second-order valence-electron chi connectivity index (χ2n) is 7.81. The maximum atomic E-state index is 13.0. The Balaban J connectivity index is 1.63. The summed E-state index contributed by atoms with van der Waals surface area (Å²) in [6.07, 6.45) is -1.18. The zero-order valence-corrected chi connectivity index (χ0v) is 19.0. The van der Waals surface area contributed by atoms with Gasteiger partial charge in [0.25, 0.3) is 10.0 Å². The number of rotatable bonds is 10. The summed E-state index contributed by atoms with van der Waals surface area (Å²) < 4.78 is 66.8. The maximum absolute atomic E-state index is 13.0. The van der Waals surface area contributed by atoms with E-state index in [0.29, 0.717) is 24.6 Å². The molecule has 3 aromatic rings. The third-order valence-electron chi connectivity index (χ3n) is 5.37. The van der Waals surface area contributed by atoms with Crippen molar-refractivity contribution in [2.75, 3.05) is 4.72 Å². The molecule has 0 aliphatic rings. The number of benzene rings is 3. The Bertz CT molecular complexity index is 1260. The second kappa shape index (κ2) is 10.7. The van der Waals surface area contributed by atoms with Gasteiger partial charge in [0.05, 0.1) is 21.7 Å². The molecule has 5 nitrogen and oxygen atoms in total. The average Bonchev–Trinajstić information content (AvgIpc) is 2.79. The Hall–Kier alpha value is -3.33. The number of hydrogen-bond acceptors (Lipinski definition) is 3. The van der Waals surface area contributed by atoms with Crippen LogP contribution in [0.2, 0.25) is 0 Å². The van der Waals surface area contributed by atoms with Gasteiger partial charge in [0.1, 0.15) is 0 Å². The third kappa shape index (κ3) is 6.60. The van der Waals surface area contributed by atoms with Crippen LogP contribution in [0.5, 0.6) is 0 Å². The average molecular weight is 492 g/mol. The minimum absolute atomic E-state index is 0.289. The number of carboxylic acid groups (broad SMARTS) is 1. The van der Waals surface area contributed by atoms with Crippen LogP contribution in [0, 0.1) is 0 Å². The fraction of sp³-hybridized carbons (Fsp3) is 0.240. The zero-order valence-electron chi connectivity index (χ0n) is 18.2. The highest BCUT2D eigenvalue weighted by Gasteiger charge is 2.31. The number of sulfonamides is 1.